The Kier molecular flexibility index (Phi) is 7.67. The Hall–Kier alpha value is -1.32. The van der Waals surface area contributed by atoms with Crippen molar-refractivity contribution in [1.29, 1.82) is 0 Å². The van der Waals surface area contributed by atoms with Crippen molar-refractivity contribution < 1.29 is 14.3 Å². The lowest BCUT2D eigenvalue weighted by atomic mass is 10.1. The maximum Gasteiger partial charge on any atom is 0.238 e. The summed E-state index contributed by atoms with van der Waals surface area (Å²) in [4.78, 5) is 14.4. The molecule has 9 heteroatoms. The van der Waals surface area contributed by atoms with E-state index in [-0.39, 0.29) is 17.9 Å². The molecule has 4 rings (SSSR count). The fourth-order valence-corrected chi connectivity index (χ4v) is 5.89. The molecule has 32 heavy (non-hydrogen) atoms. The van der Waals surface area contributed by atoms with E-state index in [0.29, 0.717) is 32.3 Å². The zero-order valence-corrected chi connectivity index (χ0v) is 22.0. The number of halogens is 4. The largest absolute Gasteiger partial charge is 0.493 e. The van der Waals surface area contributed by atoms with Crippen molar-refractivity contribution in [3.05, 3.63) is 84.4 Å². The minimum atomic E-state index is -0.175. The van der Waals surface area contributed by atoms with Gasteiger partial charge in [0.1, 0.15) is 12.0 Å². The highest BCUT2D eigenvalue weighted by Crippen LogP contribution is 2.45. The number of ether oxygens (including phenoxy) is 2. The number of rotatable bonds is 6. The van der Waals surface area contributed by atoms with E-state index in [1.807, 2.05) is 30.3 Å². The number of methoxy groups -OCH3 is 1. The van der Waals surface area contributed by atoms with Gasteiger partial charge in [-0.2, -0.15) is 0 Å². The topological polar surface area (TPSA) is 38.8 Å². The monoisotopic (exact) mass is 619 g/mol. The second-order valence-electron chi connectivity index (χ2n) is 6.96. The summed E-state index contributed by atoms with van der Waals surface area (Å²) in [5.74, 6) is 1.66. The van der Waals surface area contributed by atoms with Gasteiger partial charge in [-0.15, -0.1) is 11.8 Å². The van der Waals surface area contributed by atoms with Crippen LogP contribution in [0.25, 0.3) is 0 Å². The number of carbonyl (C=O) groups is 1. The van der Waals surface area contributed by atoms with Crippen LogP contribution >= 0.6 is 69.2 Å². The molecule has 0 spiro atoms. The Balaban J connectivity index is 1.62. The number of thioether (sulfide) groups is 1. The van der Waals surface area contributed by atoms with Crippen LogP contribution in [0.4, 0.5) is 5.69 Å². The molecule has 1 fully saturated rings. The van der Waals surface area contributed by atoms with Crippen LogP contribution in [-0.4, -0.2) is 18.8 Å². The molecule has 0 aliphatic carbocycles. The number of anilines is 1. The van der Waals surface area contributed by atoms with Crippen molar-refractivity contribution in [2.24, 2.45) is 0 Å². The molecule has 0 saturated carbocycles. The molecule has 0 aromatic heterocycles. The van der Waals surface area contributed by atoms with Gasteiger partial charge in [-0.25, -0.2) is 0 Å². The fourth-order valence-electron chi connectivity index (χ4n) is 3.36. The first-order valence-electron chi connectivity index (χ1n) is 9.50. The summed E-state index contributed by atoms with van der Waals surface area (Å²) < 4.78 is 12.6. The van der Waals surface area contributed by atoms with Crippen LogP contribution in [0.15, 0.2) is 54.6 Å². The number of nitrogens with zero attached hydrogens (tertiary/aromatic N) is 1. The first kappa shape index (κ1) is 23.8. The standard InChI is InChI=1S/C23H17Cl3INO3S/c1-30-20-9-14(23-28(21(29)12-32-23)17-6-4-15(24)5-7-17)8-19(27)22(20)31-11-13-2-3-16(25)10-18(13)26/h2-10,23H,11-12H2,1H3/t23-/m0/s1. The van der Waals surface area contributed by atoms with Crippen molar-refractivity contribution in [2.45, 2.75) is 12.0 Å². The minimum absolute atomic E-state index is 0.0500. The third-order valence-electron chi connectivity index (χ3n) is 4.90. The third-order valence-corrected chi connectivity index (χ3v) is 7.75. The second kappa shape index (κ2) is 10.3. The van der Waals surface area contributed by atoms with Crippen LogP contribution in [0.3, 0.4) is 0 Å². The second-order valence-corrected chi connectivity index (χ2v) is 10.5. The number of carbonyl (C=O) groups excluding carboxylic acids is 1. The number of hydrogen-bond acceptors (Lipinski definition) is 4. The predicted molar refractivity (Wildman–Crippen MR) is 141 cm³/mol. The molecule has 1 aliphatic rings. The molecule has 1 aliphatic heterocycles. The summed E-state index contributed by atoms with van der Waals surface area (Å²) >= 11 is 22.1. The molecular weight excluding hydrogens is 604 g/mol. The van der Waals surface area contributed by atoms with Crippen LogP contribution in [-0.2, 0) is 11.4 Å². The van der Waals surface area contributed by atoms with E-state index in [1.165, 1.54) is 0 Å². The van der Waals surface area contributed by atoms with E-state index < -0.39 is 0 Å². The SMILES string of the molecule is COc1cc([C@@H]2SCC(=O)N2c2ccc(Cl)cc2)cc(I)c1OCc1ccc(Cl)cc1Cl. The summed E-state index contributed by atoms with van der Waals surface area (Å²) in [7, 11) is 1.60. The molecule has 1 amide bonds. The summed E-state index contributed by atoms with van der Waals surface area (Å²) in [5, 5.41) is 1.57. The molecule has 0 bridgehead atoms. The molecule has 3 aromatic carbocycles. The lowest BCUT2D eigenvalue weighted by molar-refractivity contribution is -0.115. The normalized spacial score (nSPS) is 15.8. The molecule has 1 saturated heterocycles. The molecule has 0 unspecified atom stereocenters. The highest BCUT2D eigenvalue weighted by atomic mass is 127. The van der Waals surface area contributed by atoms with Crippen molar-refractivity contribution >= 4 is 80.8 Å². The van der Waals surface area contributed by atoms with E-state index in [4.69, 9.17) is 44.3 Å². The highest BCUT2D eigenvalue weighted by molar-refractivity contribution is 14.1. The minimum Gasteiger partial charge on any atom is -0.493 e. The van der Waals surface area contributed by atoms with E-state index in [9.17, 15) is 4.79 Å². The average molecular weight is 621 g/mol. The van der Waals surface area contributed by atoms with Crippen LogP contribution in [0, 0.1) is 3.57 Å². The van der Waals surface area contributed by atoms with E-state index in [0.717, 1.165) is 20.4 Å². The molecule has 3 aromatic rings. The highest BCUT2D eigenvalue weighted by Gasteiger charge is 2.35. The van der Waals surface area contributed by atoms with Crippen molar-refractivity contribution in [3.8, 4) is 11.5 Å². The van der Waals surface area contributed by atoms with Crippen molar-refractivity contribution in [2.75, 3.05) is 17.8 Å². The van der Waals surface area contributed by atoms with Gasteiger partial charge < -0.3 is 9.47 Å². The zero-order chi connectivity index (χ0) is 22.8. The Labute approximate surface area is 219 Å². The summed E-state index contributed by atoms with van der Waals surface area (Å²) in [5.41, 5.74) is 2.58. The number of benzene rings is 3. The summed E-state index contributed by atoms with van der Waals surface area (Å²) in [6.07, 6.45) is 0. The van der Waals surface area contributed by atoms with Gasteiger partial charge >= 0.3 is 0 Å². The predicted octanol–water partition coefficient (Wildman–Crippen LogP) is 7.62. The molecule has 0 N–H and O–H groups in total. The summed E-state index contributed by atoms with van der Waals surface area (Å²) in [6.45, 7) is 0.273. The fraction of sp³-hybridized carbons (Fsp3) is 0.174. The van der Waals surface area contributed by atoms with Crippen LogP contribution in [0.1, 0.15) is 16.5 Å². The smallest absolute Gasteiger partial charge is 0.238 e. The quantitative estimate of drug-likeness (QED) is 0.266. The van der Waals surface area contributed by atoms with E-state index in [2.05, 4.69) is 22.6 Å². The number of amides is 1. The first-order chi connectivity index (χ1) is 15.4. The van der Waals surface area contributed by atoms with Gasteiger partial charge in [0.05, 0.1) is 16.4 Å². The van der Waals surface area contributed by atoms with Crippen molar-refractivity contribution in [3.63, 3.8) is 0 Å². The third kappa shape index (κ3) is 5.09. The van der Waals surface area contributed by atoms with Gasteiger partial charge in [0.2, 0.25) is 5.91 Å². The molecule has 0 radical (unpaired) electrons. The van der Waals surface area contributed by atoms with Crippen LogP contribution in [0.2, 0.25) is 15.1 Å². The van der Waals surface area contributed by atoms with Crippen molar-refractivity contribution in [1.82, 2.24) is 0 Å². The van der Waals surface area contributed by atoms with Gasteiger partial charge in [-0.05, 0) is 76.7 Å². The number of hydrogen-bond donors (Lipinski definition) is 0. The maximum absolute atomic E-state index is 12.7. The molecule has 166 valence electrons. The Bertz CT molecular complexity index is 1160. The van der Waals surface area contributed by atoms with Crippen LogP contribution < -0.4 is 14.4 Å². The van der Waals surface area contributed by atoms with E-state index >= 15 is 0 Å². The average Bonchev–Trinajstić information content (AvgIpc) is 3.15. The zero-order valence-electron chi connectivity index (χ0n) is 16.8. The Morgan fingerprint density at radius 1 is 1.06 bits per heavy atom. The Morgan fingerprint density at radius 3 is 2.47 bits per heavy atom. The Morgan fingerprint density at radius 2 is 1.78 bits per heavy atom. The first-order valence-corrected chi connectivity index (χ1v) is 12.8. The van der Waals surface area contributed by atoms with Gasteiger partial charge in [0.25, 0.3) is 0 Å². The molecule has 4 nitrogen and oxygen atoms in total. The summed E-state index contributed by atoms with van der Waals surface area (Å²) in [6, 6.07) is 16.5. The van der Waals surface area contributed by atoms with E-state index in [1.54, 1.807) is 48.0 Å². The molecule has 1 atom stereocenters. The lowest BCUT2D eigenvalue weighted by Gasteiger charge is -2.25. The molecular formula is C23H17Cl3INO3S. The lowest BCUT2D eigenvalue weighted by Crippen LogP contribution is -2.27. The maximum atomic E-state index is 12.7. The van der Waals surface area contributed by atoms with Gasteiger partial charge in [0.15, 0.2) is 11.5 Å². The van der Waals surface area contributed by atoms with Gasteiger partial charge in [-0.1, -0.05) is 40.9 Å². The van der Waals surface area contributed by atoms with Gasteiger partial charge in [0, 0.05) is 26.3 Å². The van der Waals surface area contributed by atoms with Crippen LogP contribution in [0.5, 0.6) is 11.5 Å². The molecule has 1 heterocycles. The van der Waals surface area contributed by atoms with Gasteiger partial charge in [-0.3, -0.25) is 9.69 Å².